The second kappa shape index (κ2) is 6.79. The molecule has 0 spiro atoms. The standard InChI is InChI=1S/C10H21NO3/c1-4-6-10(2,13)8-11-7-5-9(12)14-3/h11,13H,4-8H2,1-3H3. The van der Waals surface area contributed by atoms with Crippen LogP contribution in [0.4, 0.5) is 0 Å². The molecule has 4 heteroatoms. The van der Waals surface area contributed by atoms with Crippen molar-refractivity contribution in [3.05, 3.63) is 0 Å². The van der Waals surface area contributed by atoms with Crippen molar-refractivity contribution in [1.82, 2.24) is 5.32 Å². The predicted octanol–water partition coefficient (Wildman–Crippen LogP) is 0.690. The number of esters is 1. The maximum Gasteiger partial charge on any atom is 0.306 e. The number of hydrogen-bond acceptors (Lipinski definition) is 4. The van der Waals surface area contributed by atoms with Crippen LogP contribution in [-0.2, 0) is 9.53 Å². The van der Waals surface area contributed by atoms with E-state index in [1.165, 1.54) is 7.11 Å². The number of carbonyl (C=O) groups excluding carboxylic acids is 1. The third-order valence-electron chi connectivity index (χ3n) is 2.03. The normalized spacial score (nSPS) is 14.9. The zero-order chi connectivity index (χ0) is 11.0. The first-order valence-corrected chi connectivity index (χ1v) is 5.01. The first-order chi connectivity index (χ1) is 6.52. The summed E-state index contributed by atoms with van der Waals surface area (Å²) in [6, 6.07) is 0. The van der Waals surface area contributed by atoms with E-state index in [-0.39, 0.29) is 5.97 Å². The van der Waals surface area contributed by atoms with E-state index in [9.17, 15) is 9.90 Å². The summed E-state index contributed by atoms with van der Waals surface area (Å²) in [6.07, 6.45) is 2.06. The van der Waals surface area contributed by atoms with Gasteiger partial charge in [0.05, 0.1) is 19.1 Å². The highest BCUT2D eigenvalue weighted by atomic mass is 16.5. The molecule has 0 aliphatic rings. The molecule has 0 bridgehead atoms. The summed E-state index contributed by atoms with van der Waals surface area (Å²) in [7, 11) is 1.37. The molecule has 0 aromatic rings. The van der Waals surface area contributed by atoms with E-state index in [1.54, 1.807) is 6.92 Å². The highest BCUT2D eigenvalue weighted by Gasteiger charge is 2.17. The van der Waals surface area contributed by atoms with Crippen LogP contribution in [0.15, 0.2) is 0 Å². The fraction of sp³-hybridized carbons (Fsp3) is 0.900. The van der Waals surface area contributed by atoms with Gasteiger partial charge in [0.25, 0.3) is 0 Å². The van der Waals surface area contributed by atoms with Crippen LogP contribution in [-0.4, -0.2) is 36.9 Å². The van der Waals surface area contributed by atoms with E-state index in [4.69, 9.17) is 0 Å². The van der Waals surface area contributed by atoms with Gasteiger partial charge in [-0.2, -0.15) is 0 Å². The average molecular weight is 203 g/mol. The third-order valence-corrected chi connectivity index (χ3v) is 2.03. The minimum absolute atomic E-state index is 0.229. The lowest BCUT2D eigenvalue weighted by Crippen LogP contribution is -2.38. The molecule has 0 radical (unpaired) electrons. The summed E-state index contributed by atoms with van der Waals surface area (Å²) in [5, 5.41) is 12.8. The molecule has 84 valence electrons. The molecule has 0 fully saturated rings. The fourth-order valence-electron chi connectivity index (χ4n) is 1.28. The Kier molecular flexibility index (Phi) is 6.49. The number of rotatable bonds is 7. The number of ether oxygens (including phenoxy) is 1. The number of hydrogen-bond donors (Lipinski definition) is 2. The van der Waals surface area contributed by atoms with Crippen molar-refractivity contribution in [2.24, 2.45) is 0 Å². The molecule has 0 rings (SSSR count). The minimum Gasteiger partial charge on any atom is -0.469 e. The largest absolute Gasteiger partial charge is 0.469 e. The van der Waals surface area contributed by atoms with Crippen LogP contribution in [0.3, 0.4) is 0 Å². The van der Waals surface area contributed by atoms with Crippen molar-refractivity contribution in [3.8, 4) is 0 Å². The first kappa shape index (κ1) is 13.4. The number of methoxy groups -OCH3 is 1. The van der Waals surface area contributed by atoms with Crippen LogP contribution in [0, 0.1) is 0 Å². The van der Waals surface area contributed by atoms with E-state index in [2.05, 4.69) is 10.1 Å². The Labute approximate surface area is 85.6 Å². The smallest absolute Gasteiger partial charge is 0.306 e. The van der Waals surface area contributed by atoms with Crippen LogP contribution in [0.5, 0.6) is 0 Å². The van der Waals surface area contributed by atoms with Crippen molar-refractivity contribution in [1.29, 1.82) is 0 Å². The minimum atomic E-state index is -0.676. The molecule has 1 unspecified atom stereocenters. The molecule has 0 saturated heterocycles. The molecular formula is C10H21NO3. The van der Waals surface area contributed by atoms with Gasteiger partial charge in [-0.25, -0.2) is 0 Å². The van der Waals surface area contributed by atoms with Gasteiger partial charge < -0.3 is 15.2 Å². The van der Waals surface area contributed by atoms with Crippen molar-refractivity contribution >= 4 is 5.97 Å². The topological polar surface area (TPSA) is 58.6 Å². The van der Waals surface area contributed by atoms with Crippen molar-refractivity contribution in [3.63, 3.8) is 0 Å². The monoisotopic (exact) mass is 203 g/mol. The zero-order valence-corrected chi connectivity index (χ0v) is 9.30. The van der Waals surface area contributed by atoms with Crippen molar-refractivity contribution in [2.45, 2.75) is 38.7 Å². The summed E-state index contributed by atoms with van der Waals surface area (Å²) in [5.41, 5.74) is -0.676. The van der Waals surface area contributed by atoms with Crippen LogP contribution in [0.25, 0.3) is 0 Å². The molecule has 4 nitrogen and oxygen atoms in total. The third kappa shape index (κ3) is 6.86. The van der Waals surface area contributed by atoms with E-state index in [0.717, 1.165) is 12.8 Å². The molecule has 0 aliphatic heterocycles. The molecule has 0 aliphatic carbocycles. The average Bonchev–Trinajstić information content (AvgIpc) is 2.12. The molecule has 0 aromatic carbocycles. The predicted molar refractivity (Wildman–Crippen MR) is 55.0 cm³/mol. The Morgan fingerprint density at radius 2 is 2.21 bits per heavy atom. The zero-order valence-electron chi connectivity index (χ0n) is 9.30. The molecule has 1 atom stereocenters. The van der Waals surface area contributed by atoms with Crippen LogP contribution in [0.1, 0.15) is 33.1 Å². The number of nitrogens with one attached hydrogen (secondary N) is 1. The summed E-state index contributed by atoms with van der Waals surface area (Å²) < 4.78 is 4.49. The fourth-order valence-corrected chi connectivity index (χ4v) is 1.28. The molecular weight excluding hydrogens is 182 g/mol. The molecule has 14 heavy (non-hydrogen) atoms. The lowest BCUT2D eigenvalue weighted by Gasteiger charge is -2.22. The van der Waals surface area contributed by atoms with Gasteiger partial charge >= 0.3 is 5.97 Å². The van der Waals surface area contributed by atoms with Gasteiger partial charge in [-0.05, 0) is 13.3 Å². The second-order valence-corrected chi connectivity index (χ2v) is 3.75. The van der Waals surface area contributed by atoms with Crippen molar-refractivity contribution in [2.75, 3.05) is 20.2 Å². The Morgan fingerprint density at radius 3 is 2.71 bits per heavy atom. The maximum atomic E-state index is 10.7. The van der Waals surface area contributed by atoms with Gasteiger partial charge in [0.1, 0.15) is 0 Å². The van der Waals surface area contributed by atoms with Gasteiger partial charge in [0.2, 0.25) is 0 Å². The second-order valence-electron chi connectivity index (χ2n) is 3.75. The molecule has 0 heterocycles. The Balaban J connectivity index is 3.48. The highest BCUT2D eigenvalue weighted by Crippen LogP contribution is 2.09. The van der Waals surface area contributed by atoms with Gasteiger partial charge in [-0.3, -0.25) is 4.79 Å². The van der Waals surface area contributed by atoms with Crippen LogP contribution >= 0.6 is 0 Å². The van der Waals surface area contributed by atoms with E-state index in [1.807, 2.05) is 6.92 Å². The summed E-state index contributed by atoms with van der Waals surface area (Å²) in [5.74, 6) is -0.229. The van der Waals surface area contributed by atoms with Gasteiger partial charge in [0, 0.05) is 13.1 Å². The maximum absolute atomic E-state index is 10.7. The quantitative estimate of drug-likeness (QED) is 0.472. The first-order valence-electron chi connectivity index (χ1n) is 5.01. The summed E-state index contributed by atoms with van der Waals surface area (Å²) in [6.45, 7) is 4.88. The van der Waals surface area contributed by atoms with E-state index in [0.29, 0.717) is 19.5 Å². The molecule has 0 amide bonds. The van der Waals surface area contributed by atoms with E-state index >= 15 is 0 Å². The van der Waals surface area contributed by atoms with Gasteiger partial charge in [-0.15, -0.1) is 0 Å². The Morgan fingerprint density at radius 1 is 1.57 bits per heavy atom. The Hall–Kier alpha value is -0.610. The van der Waals surface area contributed by atoms with Crippen LogP contribution < -0.4 is 5.32 Å². The summed E-state index contributed by atoms with van der Waals surface area (Å²) in [4.78, 5) is 10.7. The molecule has 0 aromatic heterocycles. The summed E-state index contributed by atoms with van der Waals surface area (Å²) >= 11 is 0. The molecule has 2 N–H and O–H groups in total. The number of carbonyl (C=O) groups is 1. The van der Waals surface area contributed by atoms with E-state index < -0.39 is 5.60 Å². The highest BCUT2D eigenvalue weighted by molar-refractivity contribution is 5.69. The lowest BCUT2D eigenvalue weighted by molar-refractivity contribution is -0.140. The number of aliphatic hydroxyl groups is 1. The lowest BCUT2D eigenvalue weighted by atomic mass is 10.0. The Bertz CT molecular complexity index is 169. The van der Waals surface area contributed by atoms with Gasteiger partial charge in [0.15, 0.2) is 0 Å². The SMILES string of the molecule is CCCC(C)(O)CNCCC(=O)OC. The van der Waals surface area contributed by atoms with Gasteiger partial charge in [-0.1, -0.05) is 13.3 Å². The molecule has 0 saturated carbocycles. The van der Waals surface area contributed by atoms with Crippen molar-refractivity contribution < 1.29 is 14.6 Å². The van der Waals surface area contributed by atoms with Crippen LogP contribution in [0.2, 0.25) is 0 Å².